The molecule has 0 bridgehead atoms. The highest BCUT2D eigenvalue weighted by molar-refractivity contribution is 7.99. The highest BCUT2D eigenvalue weighted by Crippen LogP contribution is 2.35. The summed E-state index contributed by atoms with van der Waals surface area (Å²) in [6, 6.07) is 12.6. The summed E-state index contributed by atoms with van der Waals surface area (Å²) in [7, 11) is 1.39. The van der Waals surface area contributed by atoms with E-state index in [-0.39, 0.29) is 5.97 Å². The number of carbonyl (C=O) groups excluding carboxylic acids is 1. The molecule has 1 aromatic carbocycles. The van der Waals surface area contributed by atoms with Gasteiger partial charge in [0.15, 0.2) is 0 Å². The molecule has 0 spiro atoms. The topological polar surface area (TPSA) is 54.1 Å². The monoisotopic (exact) mass is 302 g/mol. The van der Waals surface area contributed by atoms with Crippen LogP contribution in [0.25, 0.3) is 0 Å². The van der Waals surface area contributed by atoms with E-state index in [0.717, 1.165) is 17.9 Å². The molecular formula is C16H18N2O2S. The predicted molar refractivity (Wildman–Crippen MR) is 83.5 cm³/mol. The summed E-state index contributed by atoms with van der Waals surface area (Å²) in [5.74, 6) is 0.799. The number of benzene rings is 1. The SMILES string of the molecule is COC(=O)c1ccc(CNC2CCSc3ccccc32)[nH]1. The molecule has 2 aromatic rings. The molecule has 1 aliphatic rings. The first kappa shape index (κ1) is 14.2. The lowest BCUT2D eigenvalue weighted by molar-refractivity contribution is 0.0594. The van der Waals surface area contributed by atoms with Crippen LogP contribution in [0.5, 0.6) is 0 Å². The number of ether oxygens (including phenoxy) is 1. The molecule has 2 heterocycles. The number of rotatable bonds is 4. The predicted octanol–water partition coefficient (Wildman–Crippen LogP) is 3.13. The quantitative estimate of drug-likeness (QED) is 0.852. The molecule has 5 heteroatoms. The van der Waals surface area contributed by atoms with Gasteiger partial charge in [0.1, 0.15) is 5.69 Å². The highest BCUT2D eigenvalue weighted by Gasteiger charge is 2.19. The van der Waals surface area contributed by atoms with Gasteiger partial charge in [0, 0.05) is 23.2 Å². The maximum Gasteiger partial charge on any atom is 0.354 e. The second-order valence-corrected chi connectivity index (χ2v) is 6.13. The van der Waals surface area contributed by atoms with Crippen molar-refractivity contribution in [1.82, 2.24) is 10.3 Å². The molecule has 0 aliphatic carbocycles. The zero-order valence-corrected chi connectivity index (χ0v) is 12.7. The van der Waals surface area contributed by atoms with Crippen LogP contribution in [-0.2, 0) is 11.3 Å². The minimum Gasteiger partial charge on any atom is -0.464 e. The van der Waals surface area contributed by atoms with Crippen LogP contribution in [0.15, 0.2) is 41.3 Å². The second-order valence-electron chi connectivity index (χ2n) is 5.00. The smallest absolute Gasteiger partial charge is 0.354 e. The van der Waals surface area contributed by atoms with Crippen molar-refractivity contribution >= 4 is 17.7 Å². The molecule has 0 saturated heterocycles. The van der Waals surface area contributed by atoms with E-state index >= 15 is 0 Å². The van der Waals surface area contributed by atoms with Crippen LogP contribution in [0.3, 0.4) is 0 Å². The van der Waals surface area contributed by atoms with E-state index in [1.807, 2.05) is 17.8 Å². The molecule has 0 fully saturated rings. The van der Waals surface area contributed by atoms with Gasteiger partial charge in [-0.1, -0.05) is 18.2 Å². The van der Waals surface area contributed by atoms with Crippen LogP contribution >= 0.6 is 11.8 Å². The Hall–Kier alpha value is -1.72. The molecule has 0 saturated carbocycles. The third-order valence-electron chi connectivity index (χ3n) is 3.65. The first-order valence-electron chi connectivity index (χ1n) is 6.99. The Kier molecular flexibility index (Phi) is 4.31. The van der Waals surface area contributed by atoms with Crippen molar-refractivity contribution in [1.29, 1.82) is 0 Å². The van der Waals surface area contributed by atoms with Gasteiger partial charge in [0.05, 0.1) is 7.11 Å². The van der Waals surface area contributed by atoms with Crippen LogP contribution in [0, 0.1) is 0 Å². The van der Waals surface area contributed by atoms with E-state index in [2.05, 4.69) is 34.6 Å². The fraction of sp³-hybridized carbons (Fsp3) is 0.312. The zero-order valence-electron chi connectivity index (χ0n) is 11.9. The Bertz CT molecular complexity index is 639. The van der Waals surface area contributed by atoms with Crippen LogP contribution in [0.4, 0.5) is 0 Å². The Morgan fingerprint density at radius 1 is 1.38 bits per heavy atom. The number of aromatic nitrogens is 1. The largest absolute Gasteiger partial charge is 0.464 e. The minimum atomic E-state index is -0.333. The first-order chi connectivity index (χ1) is 10.3. The van der Waals surface area contributed by atoms with E-state index in [0.29, 0.717) is 18.3 Å². The number of H-pyrrole nitrogens is 1. The number of thioether (sulfide) groups is 1. The summed E-state index contributed by atoms with van der Waals surface area (Å²) < 4.78 is 4.70. The third kappa shape index (κ3) is 3.14. The van der Waals surface area contributed by atoms with Gasteiger partial charge >= 0.3 is 5.97 Å². The average molecular weight is 302 g/mol. The summed E-state index contributed by atoms with van der Waals surface area (Å²) in [6.45, 7) is 0.709. The van der Waals surface area contributed by atoms with E-state index in [1.165, 1.54) is 17.6 Å². The second kappa shape index (κ2) is 6.37. The normalized spacial score (nSPS) is 17.3. The lowest BCUT2D eigenvalue weighted by atomic mass is 10.0. The number of aromatic amines is 1. The lowest BCUT2D eigenvalue weighted by Crippen LogP contribution is -2.24. The summed E-state index contributed by atoms with van der Waals surface area (Å²) in [5.41, 5.74) is 2.86. The summed E-state index contributed by atoms with van der Waals surface area (Å²) >= 11 is 1.92. The molecule has 1 unspecified atom stereocenters. The maximum atomic E-state index is 11.4. The van der Waals surface area contributed by atoms with E-state index < -0.39 is 0 Å². The summed E-state index contributed by atoms with van der Waals surface area (Å²) in [5, 5.41) is 3.57. The van der Waals surface area contributed by atoms with Crippen LogP contribution in [-0.4, -0.2) is 23.8 Å². The van der Waals surface area contributed by atoms with Crippen molar-refractivity contribution in [2.45, 2.75) is 23.9 Å². The molecule has 110 valence electrons. The molecule has 3 rings (SSSR count). The number of carbonyl (C=O) groups is 1. The highest BCUT2D eigenvalue weighted by atomic mass is 32.2. The van der Waals surface area contributed by atoms with E-state index in [9.17, 15) is 4.79 Å². The molecule has 1 aromatic heterocycles. The van der Waals surface area contributed by atoms with Crippen molar-refractivity contribution in [3.63, 3.8) is 0 Å². The number of hydrogen-bond acceptors (Lipinski definition) is 4. The minimum absolute atomic E-state index is 0.333. The lowest BCUT2D eigenvalue weighted by Gasteiger charge is -2.25. The van der Waals surface area contributed by atoms with Gasteiger partial charge in [-0.3, -0.25) is 0 Å². The van der Waals surface area contributed by atoms with Crippen molar-refractivity contribution in [3.05, 3.63) is 53.3 Å². The number of esters is 1. The molecule has 0 radical (unpaired) electrons. The summed E-state index contributed by atoms with van der Waals surface area (Å²) in [6.07, 6.45) is 1.12. The molecule has 21 heavy (non-hydrogen) atoms. The molecule has 2 N–H and O–H groups in total. The molecule has 1 aliphatic heterocycles. The van der Waals surface area contributed by atoms with E-state index in [4.69, 9.17) is 4.74 Å². The molecule has 0 amide bonds. The van der Waals surface area contributed by atoms with Gasteiger partial charge in [0.2, 0.25) is 0 Å². The zero-order chi connectivity index (χ0) is 14.7. The van der Waals surface area contributed by atoms with Gasteiger partial charge in [-0.25, -0.2) is 4.79 Å². The standard InChI is InChI=1S/C16H18N2O2S/c1-20-16(19)14-7-6-11(18-14)10-17-13-8-9-21-15-5-3-2-4-12(13)15/h2-7,13,17-18H,8-10H2,1H3. The molecule has 4 nitrogen and oxygen atoms in total. The van der Waals surface area contributed by atoms with Gasteiger partial charge in [-0.2, -0.15) is 0 Å². The first-order valence-corrected chi connectivity index (χ1v) is 7.98. The van der Waals surface area contributed by atoms with Crippen molar-refractivity contribution in [2.75, 3.05) is 12.9 Å². The fourth-order valence-corrected chi connectivity index (χ4v) is 3.68. The number of methoxy groups -OCH3 is 1. The van der Waals surface area contributed by atoms with Crippen molar-refractivity contribution in [2.24, 2.45) is 0 Å². The van der Waals surface area contributed by atoms with Crippen molar-refractivity contribution < 1.29 is 9.53 Å². The van der Waals surface area contributed by atoms with Crippen LogP contribution < -0.4 is 5.32 Å². The Morgan fingerprint density at radius 3 is 3.10 bits per heavy atom. The Morgan fingerprint density at radius 2 is 2.24 bits per heavy atom. The fourth-order valence-electron chi connectivity index (χ4n) is 2.56. The Balaban J connectivity index is 1.66. The van der Waals surface area contributed by atoms with Crippen LogP contribution in [0.1, 0.15) is 34.2 Å². The van der Waals surface area contributed by atoms with Gasteiger partial charge in [-0.15, -0.1) is 11.8 Å². The van der Waals surface area contributed by atoms with Gasteiger partial charge < -0.3 is 15.0 Å². The maximum absolute atomic E-state index is 11.4. The summed E-state index contributed by atoms with van der Waals surface area (Å²) in [4.78, 5) is 15.9. The van der Waals surface area contributed by atoms with Crippen molar-refractivity contribution in [3.8, 4) is 0 Å². The molecule has 1 atom stereocenters. The van der Waals surface area contributed by atoms with Crippen LogP contribution in [0.2, 0.25) is 0 Å². The van der Waals surface area contributed by atoms with E-state index in [1.54, 1.807) is 6.07 Å². The van der Waals surface area contributed by atoms with Gasteiger partial charge in [0.25, 0.3) is 0 Å². The van der Waals surface area contributed by atoms with Gasteiger partial charge in [-0.05, 0) is 35.9 Å². The Labute approximate surface area is 128 Å². The third-order valence-corrected chi connectivity index (χ3v) is 4.77. The number of hydrogen-bond donors (Lipinski definition) is 2. The number of fused-ring (bicyclic) bond motifs is 1. The average Bonchev–Trinajstić information content (AvgIpc) is 3.01. The molecular weight excluding hydrogens is 284 g/mol. The number of nitrogens with one attached hydrogen (secondary N) is 2.